The molecule has 2 aliphatic rings. The number of fused-ring (bicyclic) bond motifs is 1. The molecular formula is C26H24NO2S. The Morgan fingerprint density at radius 2 is 1.77 bits per heavy atom. The van der Waals surface area contributed by atoms with Gasteiger partial charge in [-0.25, -0.2) is 0 Å². The molecule has 3 aromatic rings. The molecule has 2 aromatic carbocycles. The number of hydrogen-bond donors (Lipinski definition) is 0. The Labute approximate surface area is 182 Å². The molecule has 5 radical (unpaired) electrons. The van der Waals surface area contributed by atoms with Gasteiger partial charge in [0.25, 0.3) is 0 Å². The first-order valence-corrected chi connectivity index (χ1v) is 11.2. The van der Waals surface area contributed by atoms with Crippen LogP contribution in [0.15, 0.2) is 42.5 Å². The van der Waals surface area contributed by atoms with Crippen LogP contribution in [0.2, 0.25) is 0 Å². The molecule has 0 N–H and O–H groups in total. The van der Waals surface area contributed by atoms with Crippen LogP contribution >= 0.6 is 11.3 Å². The molecule has 2 heterocycles. The maximum absolute atomic E-state index is 13.5. The number of benzene rings is 2. The van der Waals surface area contributed by atoms with Gasteiger partial charge < -0.3 is 4.74 Å². The van der Waals surface area contributed by atoms with Crippen LogP contribution in [0.25, 0.3) is 10.1 Å². The van der Waals surface area contributed by atoms with E-state index in [1.807, 2.05) is 37.1 Å². The molecule has 1 aliphatic carbocycles. The van der Waals surface area contributed by atoms with Gasteiger partial charge in [-0.2, -0.15) is 0 Å². The van der Waals surface area contributed by atoms with Crippen molar-refractivity contribution < 1.29 is 9.53 Å². The molecule has 1 saturated carbocycles. The molecule has 5 rings (SSSR count). The first-order chi connectivity index (χ1) is 14.7. The second-order valence-corrected chi connectivity index (χ2v) is 8.90. The number of thiophene rings is 1. The van der Waals surface area contributed by atoms with Crippen molar-refractivity contribution in [3.05, 3.63) is 95.6 Å². The highest BCUT2D eigenvalue weighted by molar-refractivity contribution is 7.21. The molecule has 0 bridgehead atoms. The maximum Gasteiger partial charge on any atom is 0.203 e. The van der Waals surface area contributed by atoms with Crippen molar-refractivity contribution in [2.24, 2.45) is 0 Å². The van der Waals surface area contributed by atoms with Gasteiger partial charge in [0.05, 0.1) is 12.0 Å². The minimum Gasteiger partial charge on any atom is -0.497 e. The summed E-state index contributed by atoms with van der Waals surface area (Å²) in [5.41, 5.74) is 3.03. The molecule has 0 amide bonds. The quantitative estimate of drug-likeness (QED) is 0.500. The lowest BCUT2D eigenvalue weighted by atomic mass is 9.92. The number of hydrogen-bond acceptors (Lipinski definition) is 4. The Bertz CT molecular complexity index is 1040. The van der Waals surface area contributed by atoms with Crippen molar-refractivity contribution in [1.29, 1.82) is 0 Å². The molecule has 1 aliphatic heterocycles. The van der Waals surface area contributed by atoms with Gasteiger partial charge in [-0.15, -0.1) is 11.3 Å². The molecule has 0 atom stereocenters. The van der Waals surface area contributed by atoms with Crippen molar-refractivity contribution in [3.8, 4) is 5.75 Å². The zero-order valence-corrected chi connectivity index (χ0v) is 17.9. The SMILES string of the molecule is COc1ccc2c([C]3[CH][CH][CH][CH]3)c(C(=O)c3ccc(CN4CCCC4)cc3)sc2c1. The Balaban J connectivity index is 1.48. The molecule has 1 saturated heterocycles. The van der Waals surface area contributed by atoms with E-state index in [0.717, 1.165) is 44.3 Å². The summed E-state index contributed by atoms with van der Waals surface area (Å²) in [7, 11) is 1.67. The van der Waals surface area contributed by atoms with Crippen LogP contribution in [0.1, 0.15) is 39.2 Å². The molecule has 0 unspecified atom stereocenters. The minimum absolute atomic E-state index is 0.0825. The summed E-state index contributed by atoms with van der Waals surface area (Å²) in [5.74, 6) is 1.97. The Morgan fingerprint density at radius 1 is 1.03 bits per heavy atom. The summed E-state index contributed by atoms with van der Waals surface area (Å²) < 4.78 is 6.46. The number of nitrogens with zero attached hydrogens (tertiary/aromatic N) is 1. The van der Waals surface area contributed by atoms with Gasteiger partial charge in [-0.05, 0) is 86.3 Å². The lowest BCUT2D eigenvalue weighted by molar-refractivity contribution is 0.104. The first-order valence-electron chi connectivity index (χ1n) is 10.4. The van der Waals surface area contributed by atoms with E-state index in [2.05, 4.69) is 35.9 Å². The van der Waals surface area contributed by atoms with Gasteiger partial charge in [-0.3, -0.25) is 9.69 Å². The number of ether oxygens (including phenoxy) is 1. The fourth-order valence-corrected chi connectivity index (χ4v) is 5.50. The van der Waals surface area contributed by atoms with Crippen LogP contribution in [0.4, 0.5) is 0 Å². The first kappa shape index (κ1) is 19.8. The number of methoxy groups -OCH3 is 1. The normalized spacial score (nSPS) is 17.8. The molecule has 30 heavy (non-hydrogen) atoms. The van der Waals surface area contributed by atoms with E-state index < -0.39 is 0 Å². The highest BCUT2D eigenvalue weighted by Crippen LogP contribution is 2.43. The largest absolute Gasteiger partial charge is 0.497 e. The van der Waals surface area contributed by atoms with Crippen molar-refractivity contribution in [2.75, 3.05) is 20.2 Å². The van der Waals surface area contributed by atoms with Crippen molar-refractivity contribution in [3.63, 3.8) is 0 Å². The third-order valence-electron chi connectivity index (χ3n) is 5.88. The summed E-state index contributed by atoms with van der Waals surface area (Å²) in [4.78, 5) is 16.8. The summed E-state index contributed by atoms with van der Waals surface area (Å²) in [6.07, 6.45) is 10.8. The molecular weight excluding hydrogens is 390 g/mol. The van der Waals surface area contributed by atoms with E-state index in [1.165, 1.54) is 31.5 Å². The van der Waals surface area contributed by atoms with E-state index in [-0.39, 0.29) is 5.78 Å². The summed E-state index contributed by atoms with van der Waals surface area (Å²) in [6, 6.07) is 14.2. The third-order valence-corrected chi connectivity index (χ3v) is 7.03. The fraction of sp³-hybridized carbons (Fsp3) is 0.231. The average molecular weight is 415 g/mol. The standard InChI is InChI=1S/C26H24NO2S/c1-29-21-12-13-22-23(16-21)30-26(24(22)19-6-2-3-7-19)25(28)20-10-8-18(9-11-20)17-27-14-4-5-15-27/h2-3,6-13,16H,4-5,14-15,17H2,1H3. The summed E-state index contributed by atoms with van der Waals surface area (Å²) in [6.45, 7) is 3.32. The number of rotatable bonds is 6. The van der Waals surface area contributed by atoms with E-state index in [9.17, 15) is 4.79 Å². The predicted molar refractivity (Wildman–Crippen MR) is 122 cm³/mol. The van der Waals surface area contributed by atoms with Crippen LogP contribution < -0.4 is 4.74 Å². The van der Waals surface area contributed by atoms with Gasteiger partial charge in [0.1, 0.15) is 5.75 Å². The predicted octanol–water partition coefficient (Wildman–Crippen LogP) is 5.49. The Morgan fingerprint density at radius 3 is 2.47 bits per heavy atom. The second kappa shape index (κ2) is 8.52. The monoisotopic (exact) mass is 414 g/mol. The molecule has 0 spiro atoms. The van der Waals surface area contributed by atoms with Gasteiger partial charge in [0.2, 0.25) is 5.78 Å². The van der Waals surface area contributed by atoms with E-state index in [4.69, 9.17) is 4.74 Å². The topological polar surface area (TPSA) is 29.5 Å². The zero-order valence-electron chi connectivity index (χ0n) is 17.1. The average Bonchev–Trinajstić information content (AvgIpc) is 3.53. The Kier molecular flexibility index (Phi) is 5.62. The number of carbonyl (C=O) groups is 1. The highest BCUT2D eigenvalue weighted by Gasteiger charge is 2.29. The number of ketones is 1. The van der Waals surface area contributed by atoms with Crippen molar-refractivity contribution in [2.45, 2.75) is 19.4 Å². The highest BCUT2D eigenvalue weighted by atomic mass is 32.1. The van der Waals surface area contributed by atoms with E-state index in [0.29, 0.717) is 0 Å². The van der Waals surface area contributed by atoms with Crippen LogP contribution in [0, 0.1) is 31.6 Å². The van der Waals surface area contributed by atoms with Gasteiger partial charge in [0.15, 0.2) is 0 Å². The zero-order chi connectivity index (χ0) is 20.5. The fourth-order valence-electron chi connectivity index (χ4n) is 4.28. The lowest BCUT2D eigenvalue weighted by Gasteiger charge is -2.14. The maximum atomic E-state index is 13.5. The van der Waals surface area contributed by atoms with Crippen LogP contribution in [-0.4, -0.2) is 30.9 Å². The van der Waals surface area contributed by atoms with Gasteiger partial charge in [0, 0.05) is 22.7 Å². The number of likely N-dealkylation sites (tertiary alicyclic amines) is 1. The van der Waals surface area contributed by atoms with E-state index >= 15 is 0 Å². The van der Waals surface area contributed by atoms with Gasteiger partial charge >= 0.3 is 0 Å². The van der Waals surface area contributed by atoms with E-state index in [1.54, 1.807) is 18.4 Å². The van der Waals surface area contributed by atoms with Crippen molar-refractivity contribution in [1.82, 2.24) is 4.90 Å². The Hall–Kier alpha value is -2.17. The second-order valence-electron chi connectivity index (χ2n) is 7.85. The summed E-state index contributed by atoms with van der Waals surface area (Å²) in [5, 5.41) is 1.10. The smallest absolute Gasteiger partial charge is 0.203 e. The third kappa shape index (κ3) is 3.79. The molecule has 4 heteroatoms. The minimum atomic E-state index is 0.0825. The summed E-state index contributed by atoms with van der Waals surface area (Å²) >= 11 is 1.55. The lowest BCUT2D eigenvalue weighted by Crippen LogP contribution is -2.18. The molecule has 3 nitrogen and oxygen atoms in total. The van der Waals surface area contributed by atoms with Gasteiger partial charge in [-0.1, -0.05) is 24.3 Å². The number of carbonyl (C=O) groups excluding carboxylic acids is 1. The molecule has 1 aromatic heterocycles. The molecule has 2 fully saturated rings. The van der Waals surface area contributed by atoms with Crippen LogP contribution in [0.3, 0.4) is 0 Å². The van der Waals surface area contributed by atoms with Crippen molar-refractivity contribution >= 4 is 27.2 Å². The van der Waals surface area contributed by atoms with Crippen LogP contribution in [0.5, 0.6) is 5.75 Å². The van der Waals surface area contributed by atoms with Crippen LogP contribution in [-0.2, 0) is 6.54 Å². The molecule has 151 valence electrons.